The summed E-state index contributed by atoms with van der Waals surface area (Å²) >= 11 is 0. The summed E-state index contributed by atoms with van der Waals surface area (Å²) in [5.74, 6) is 1.31. The molecule has 0 bridgehead atoms. The molecule has 0 spiro atoms. The fourth-order valence-corrected chi connectivity index (χ4v) is 2.20. The monoisotopic (exact) mass is 279 g/mol. The standard InChI is InChI=1S/C17H17N3O/c1-12-7-8-15(11-19-12)21-17-16-6-4-3-5-13(16)9-14(20-17)10-18-2/h3-9,11,18H,10H2,1-2H3. The van der Waals surface area contributed by atoms with Gasteiger partial charge in [0.1, 0.15) is 5.75 Å². The van der Waals surface area contributed by atoms with Crippen LogP contribution in [0.3, 0.4) is 0 Å². The number of ether oxygens (including phenoxy) is 1. The highest BCUT2D eigenvalue weighted by atomic mass is 16.5. The summed E-state index contributed by atoms with van der Waals surface area (Å²) < 4.78 is 5.93. The SMILES string of the molecule is CNCc1cc2ccccc2c(Oc2ccc(C)nc2)n1. The normalized spacial score (nSPS) is 10.8. The zero-order valence-electron chi connectivity index (χ0n) is 12.1. The second kappa shape index (κ2) is 5.89. The summed E-state index contributed by atoms with van der Waals surface area (Å²) in [6, 6.07) is 14.0. The Balaban J connectivity index is 2.04. The molecular weight excluding hydrogens is 262 g/mol. The molecule has 1 aromatic carbocycles. The zero-order chi connectivity index (χ0) is 14.7. The molecule has 0 aliphatic carbocycles. The predicted octanol–water partition coefficient (Wildman–Crippen LogP) is 3.45. The van der Waals surface area contributed by atoms with Gasteiger partial charge in [-0.1, -0.05) is 18.2 Å². The minimum absolute atomic E-state index is 0.615. The van der Waals surface area contributed by atoms with Crippen LogP contribution in [0.5, 0.6) is 11.6 Å². The van der Waals surface area contributed by atoms with Crippen LogP contribution in [0, 0.1) is 6.92 Å². The number of aromatic nitrogens is 2. The van der Waals surface area contributed by atoms with E-state index >= 15 is 0 Å². The molecule has 2 aromatic heterocycles. The van der Waals surface area contributed by atoms with E-state index in [4.69, 9.17) is 4.74 Å². The number of hydrogen-bond donors (Lipinski definition) is 1. The van der Waals surface area contributed by atoms with Crippen molar-refractivity contribution in [2.24, 2.45) is 0 Å². The highest BCUT2D eigenvalue weighted by Crippen LogP contribution is 2.28. The molecule has 106 valence electrons. The molecule has 21 heavy (non-hydrogen) atoms. The number of benzene rings is 1. The van der Waals surface area contributed by atoms with Gasteiger partial charge in [-0.3, -0.25) is 4.98 Å². The van der Waals surface area contributed by atoms with Gasteiger partial charge in [0.25, 0.3) is 0 Å². The van der Waals surface area contributed by atoms with Crippen molar-refractivity contribution in [2.75, 3.05) is 7.05 Å². The van der Waals surface area contributed by atoms with Gasteiger partial charge in [0.2, 0.25) is 5.88 Å². The molecule has 0 atom stereocenters. The van der Waals surface area contributed by atoms with E-state index in [-0.39, 0.29) is 0 Å². The smallest absolute Gasteiger partial charge is 0.227 e. The van der Waals surface area contributed by atoms with Crippen LogP contribution >= 0.6 is 0 Å². The minimum Gasteiger partial charge on any atom is -0.437 e. The van der Waals surface area contributed by atoms with Gasteiger partial charge < -0.3 is 10.1 Å². The second-order valence-electron chi connectivity index (χ2n) is 4.91. The quantitative estimate of drug-likeness (QED) is 0.794. The van der Waals surface area contributed by atoms with Gasteiger partial charge >= 0.3 is 0 Å². The van der Waals surface area contributed by atoms with Gasteiger partial charge in [0, 0.05) is 17.6 Å². The first-order chi connectivity index (χ1) is 10.3. The maximum atomic E-state index is 5.93. The van der Waals surface area contributed by atoms with Crippen molar-refractivity contribution in [3.8, 4) is 11.6 Å². The van der Waals surface area contributed by atoms with Crippen LogP contribution in [0.15, 0.2) is 48.7 Å². The van der Waals surface area contributed by atoms with Crippen molar-refractivity contribution in [3.63, 3.8) is 0 Å². The Hall–Kier alpha value is -2.46. The topological polar surface area (TPSA) is 47.0 Å². The van der Waals surface area contributed by atoms with E-state index in [0.29, 0.717) is 18.2 Å². The molecule has 4 heteroatoms. The van der Waals surface area contributed by atoms with E-state index < -0.39 is 0 Å². The average molecular weight is 279 g/mol. The first-order valence-corrected chi connectivity index (χ1v) is 6.90. The second-order valence-corrected chi connectivity index (χ2v) is 4.91. The average Bonchev–Trinajstić information content (AvgIpc) is 2.50. The number of rotatable bonds is 4. The molecule has 0 radical (unpaired) electrons. The Kier molecular flexibility index (Phi) is 3.79. The third-order valence-electron chi connectivity index (χ3n) is 3.22. The molecule has 0 saturated carbocycles. The van der Waals surface area contributed by atoms with E-state index in [1.165, 1.54) is 0 Å². The van der Waals surface area contributed by atoms with Crippen molar-refractivity contribution in [1.29, 1.82) is 0 Å². The van der Waals surface area contributed by atoms with E-state index in [1.807, 2.05) is 44.3 Å². The molecule has 0 saturated heterocycles. The lowest BCUT2D eigenvalue weighted by Crippen LogP contribution is -2.07. The number of aryl methyl sites for hydroxylation is 1. The Labute approximate surface area is 123 Å². The molecule has 3 aromatic rings. The molecular formula is C17H17N3O. The van der Waals surface area contributed by atoms with E-state index in [2.05, 4.69) is 27.4 Å². The number of fused-ring (bicyclic) bond motifs is 1. The maximum Gasteiger partial charge on any atom is 0.227 e. The van der Waals surface area contributed by atoms with Crippen LogP contribution in [0.1, 0.15) is 11.4 Å². The number of hydrogen-bond acceptors (Lipinski definition) is 4. The van der Waals surface area contributed by atoms with E-state index in [0.717, 1.165) is 22.2 Å². The fourth-order valence-electron chi connectivity index (χ4n) is 2.20. The van der Waals surface area contributed by atoms with Crippen molar-refractivity contribution in [2.45, 2.75) is 13.5 Å². The van der Waals surface area contributed by atoms with Crippen molar-refractivity contribution in [3.05, 3.63) is 60.0 Å². The van der Waals surface area contributed by atoms with Crippen LogP contribution in [0.4, 0.5) is 0 Å². The molecule has 0 aliphatic heterocycles. The fraction of sp³-hybridized carbons (Fsp3) is 0.176. The van der Waals surface area contributed by atoms with Gasteiger partial charge in [-0.05, 0) is 43.6 Å². The largest absolute Gasteiger partial charge is 0.437 e. The van der Waals surface area contributed by atoms with Crippen LogP contribution < -0.4 is 10.1 Å². The zero-order valence-corrected chi connectivity index (χ0v) is 12.1. The molecule has 0 aliphatic rings. The third kappa shape index (κ3) is 3.01. The number of pyridine rings is 2. The minimum atomic E-state index is 0.615. The summed E-state index contributed by atoms with van der Waals surface area (Å²) in [6.07, 6.45) is 1.72. The Bertz CT molecular complexity index is 754. The first-order valence-electron chi connectivity index (χ1n) is 6.90. The highest BCUT2D eigenvalue weighted by Gasteiger charge is 2.08. The molecule has 0 amide bonds. The van der Waals surface area contributed by atoms with Gasteiger partial charge in [-0.15, -0.1) is 0 Å². The van der Waals surface area contributed by atoms with Gasteiger partial charge in [-0.2, -0.15) is 0 Å². The van der Waals surface area contributed by atoms with E-state index in [1.54, 1.807) is 6.20 Å². The molecule has 3 rings (SSSR count). The molecule has 0 unspecified atom stereocenters. The van der Waals surface area contributed by atoms with Crippen molar-refractivity contribution in [1.82, 2.24) is 15.3 Å². The van der Waals surface area contributed by atoms with Crippen LogP contribution in [0.25, 0.3) is 10.8 Å². The highest BCUT2D eigenvalue weighted by molar-refractivity contribution is 5.87. The number of nitrogens with one attached hydrogen (secondary N) is 1. The summed E-state index contributed by atoms with van der Waals surface area (Å²) in [5.41, 5.74) is 1.91. The summed E-state index contributed by atoms with van der Waals surface area (Å²) in [4.78, 5) is 8.84. The van der Waals surface area contributed by atoms with Crippen molar-refractivity contribution >= 4 is 10.8 Å². The lowest BCUT2D eigenvalue weighted by Gasteiger charge is -2.10. The Morgan fingerprint density at radius 2 is 2.00 bits per heavy atom. The molecule has 4 nitrogen and oxygen atoms in total. The Morgan fingerprint density at radius 1 is 1.14 bits per heavy atom. The molecule has 2 heterocycles. The van der Waals surface area contributed by atoms with Crippen LogP contribution in [-0.2, 0) is 6.54 Å². The van der Waals surface area contributed by atoms with Gasteiger partial charge in [0.05, 0.1) is 11.9 Å². The lowest BCUT2D eigenvalue weighted by atomic mass is 10.1. The van der Waals surface area contributed by atoms with Crippen LogP contribution in [-0.4, -0.2) is 17.0 Å². The number of nitrogens with zero attached hydrogens (tertiary/aromatic N) is 2. The molecule has 0 fully saturated rings. The molecule has 1 N–H and O–H groups in total. The summed E-state index contributed by atoms with van der Waals surface area (Å²) in [5, 5.41) is 5.23. The third-order valence-corrected chi connectivity index (χ3v) is 3.22. The van der Waals surface area contributed by atoms with E-state index in [9.17, 15) is 0 Å². The summed E-state index contributed by atoms with van der Waals surface area (Å²) in [6.45, 7) is 2.65. The van der Waals surface area contributed by atoms with Crippen molar-refractivity contribution < 1.29 is 4.74 Å². The Morgan fingerprint density at radius 3 is 2.76 bits per heavy atom. The predicted molar refractivity (Wildman–Crippen MR) is 83.6 cm³/mol. The van der Waals surface area contributed by atoms with Crippen LogP contribution in [0.2, 0.25) is 0 Å². The summed E-state index contributed by atoms with van der Waals surface area (Å²) in [7, 11) is 1.90. The van der Waals surface area contributed by atoms with Gasteiger partial charge in [-0.25, -0.2) is 4.98 Å². The maximum absolute atomic E-state index is 5.93. The lowest BCUT2D eigenvalue weighted by molar-refractivity contribution is 0.464. The van der Waals surface area contributed by atoms with Gasteiger partial charge in [0.15, 0.2) is 0 Å². The first kappa shape index (κ1) is 13.5.